The summed E-state index contributed by atoms with van der Waals surface area (Å²) in [7, 11) is 0. The van der Waals surface area contributed by atoms with Crippen molar-refractivity contribution in [2.75, 3.05) is 0 Å². The first-order chi connectivity index (χ1) is 12.9. The van der Waals surface area contributed by atoms with Gasteiger partial charge in [-0.15, -0.1) is 0 Å². The predicted octanol–water partition coefficient (Wildman–Crippen LogP) is 5.56. The molecule has 0 radical (unpaired) electrons. The van der Waals surface area contributed by atoms with Crippen molar-refractivity contribution in [2.24, 2.45) is 4.99 Å². The number of hydrogen-bond acceptors (Lipinski definition) is 4. The first kappa shape index (κ1) is 20.2. The number of hydrogen-bond donors (Lipinski definition) is 0. The van der Waals surface area contributed by atoms with Crippen LogP contribution in [0.5, 0.6) is 5.75 Å². The van der Waals surface area contributed by atoms with Crippen LogP contribution < -0.4 is 4.74 Å². The van der Waals surface area contributed by atoms with Gasteiger partial charge in [0, 0.05) is 5.56 Å². The molecule has 0 spiro atoms. The van der Waals surface area contributed by atoms with Crippen LogP contribution >= 0.6 is 45.2 Å². The fourth-order valence-corrected chi connectivity index (χ4v) is 4.44. The maximum atomic E-state index is 13.4. The van der Waals surface area contributed by atoms with Crippen molar-refractivity contribution >= 4 is 63.1 Å². The van der Waals surface area contributed by atoms with Gasteiger partial charge < -0.3 is 9.47 Å². The van der Waals surface area contributed by atoms with Crippen molar-refractivity contribution in [3.05, 3.63) is 66.2 Å². The van der Waals surface area contributed by atoms with Crippen LogP contribution in [-0.2, 0) is 9.53 Å². The van der Waals surface area contributed by atoms with Gasteiger partial charge in [-0.2, -0.15) is 0 Å². The third kappa shape index (κ3) is 4.87. The second kappa shape index (κ2) is 8.68. The second-order valence-electron chi connectivity index (χ2n) is 6.00. The molecule has 140 valence electrons. The van der Waals surface area contributed by atoms with E-state index in [1.807, 2.05) is 19.1 Å². The zero-order valence-electron chi connectivity index (χ0n) is 14.6. The van der Waals surface area contributed by atoms with Crippen molar-refractivity contribution in [2.45, 2.75) is 26.4 Å². The molecule has 4 nitrogen and oxygen atoms in total. The molecular weight excluding hydrogens is 575 g/mol. The van der Waals surface area contributed by atoms with Gasteiger partial charge in [-0.05, 0) is 100 Å². The Morgan fingerprint density at radius 2 is 1.96 bits per heavy atom. The van der Waals surface area contributed by atoms with Gasteiger partial charge in [0.2, 0.25) is 5.90 Å². The van der Waals surface area contributed by atoms with E-state index in [0.717, 1.165) is 24.9 Å². The Kier molecular flexibility index (Phi) is 6.51. The zero-order chi connectivity index (χ0) is 19.6. The second-order valence-corrected chi connectivity index (χ2v) is 8.32. The van der Waals surface area contributed by atoms with E-state index in [-0.39, 0.29) is 17.7 Å². The third-order valence-corrected chi connectivity index (χ3v) is 5.51. The molecule has 27 heavy (non-hydrogen) atoms. The third-order valence-electron chi connectivity index (χ3n) is 3.91. The summed E-state index contributed by atoms with van der Waals surface area (Å²) in [5.41, 5.74) is 1.42. The van der Waals surface area contributed by atoms with Gasteiger partial charge in [0.05, 0.1) is 13.2 Å². The van der Waals surface area contributed by atoms with Crippen LogP contribution in [0.1, 0.15) is 31.4 Å². The minimum Gasteiger partial charge on any atom is -0.489 e. The Labute approximate surface area is 184 Å². The van der Waals surface area contributed by atoms with Gasteiger partial charge >= 0.3 is 5.97 Å². The number of benzene rings is 2. The van der Waals surface area contributed by atoms with Crippen LogP contribution in [0.2, 0.25) is 0 Å². The SMILES string of the molecule is CCC(C)Oc1c(I)cc(/C=C2\N=C(c3cccc(F)c3)OC2=O)cc1I. The summed E-state index contributed by atoms with van der Waals surface area (Å²) in [5, 5.41) is 0. The molecule has 1 atom stereocenters. The van der Waals surface area contributed by atoms with Crippen molar-refractivity contribution in [3.8, 4) is 5.75 Å². The number of halogens is 3. The summed E-state index contributed by atoms with van der Waals surface area (Å²) in [6.07, 6.45) is 2.70. The quantitative estimate of drug-likeness (QED) is 0.260. The lowest BCUT2D eigenvalue weighted by molar-refractivity contribution is -0.129. The molecule has 0 aliphatic carbocycles. The van der Waals surface area contributed by atoms with E-state index < -0.39 is 11.8 Å². The molecule has 1 aliphatic heterocycles. The summed E-state index contributed by atoms with van der Waals surface area (Å²) in [6.45, 7) is 4.10. The number of cyclic esters (lactones) is 1. The van der Waals surface area contributed by atoms with Crippen LogP contribution in [0.3, 0.4) is 0 Å². The lowest BCUT2D eigenvalue weighted by Crippen LogP contribution is -2.11. The summed E-state index contributed by atoms with van der Waals surface area (Å²) in [5.74, 6) is -0.0265. The summed E-state index contributed by atoms with van der Waals surface area (Å²) >= 11 is 4.43. The molecule has 0 saturated heterocycles. The highest BCUT2D eigenvalue weighted by molar-refractivity contribution is 14.1. The standard InChI is InChI=1S/C20H16FI2NO3/c1-3-11(2)26-18-15(22)7-12(8-16(18)23)9-17-20(25)27-19(24-17)13-5-4-6-14(21)10-13/h4-11H,3H2,1-2H3/b17-9-. The van der Waals surface area contributed by atoms with E-state index in [1.165, 1.54) is 12.1 Å². The molecule has 0 N–H and O–H groups in total. The maximum Gasteiger partial charge on any atom is 0.363 e. The average Bonchev–Trinajstić information content (AvgIpc) is 2.98. The summed E-state index contributed by atoms with van der Waals surface area (Å²) in [4.78, 5) is 16.4. The molecule has 7 heteroatoms. The number of ether oxygens (including phenoxy) is 2. The molecule has 2 aromatic carbocycles. The van der Waals surface area contributed by atoms with Gasteiger partial charge in [-0.25, -0.2) is 14.2 Å². The van der Waals surface area contributed by atoms with E-state index in [1.54, 1.807) is 18.2 Å². The Bertz CT molecular complexity index is 933. The highest BCUT2D eigenvalue weighted by Crippen LogP contribution is 2.31. The Balaban J connectivity index is 1.91. The summed E-state index contributed by atoms with van der Waals surface area (Å²) in [6, 6.07) is 9.65. The van der Waals surface area contributed by atoms with Crippen molar-refractivity contribution < 1.29 is 18.7 Å². The van der Waals surface area contributed by atoms with Crippen LogP contribution in [0.4, 0.5) is 4.39 Å². The first-order valence-electron chi connectivity index (χ1n) is 8.31. The van der Waals surface area contributed by atoms with E-state index in [4.69, 9.17) is 9.47 Å². The monoisotopic (exact) mass is 591 g/mol. The fraction of sp³-hybridized carbons (Fsp3) is 0.200. The molecule has 1 aliphatic rings. The average molecular weight is 591 g/mol. The summed E-state index contributed by atoms with van der Waals surface area (Å²) < 4.78 is 26.4. The number of rotatable bonds is 5. The Morgan fingerprint density at radius 1 is 1.26 bits per heavy atom. The highest BCUT2D eigenvalue weighted by Gasteiger charge is 2.24. The zero-order valence-corrected chi connectivity index (χ0v) is 18.9. The van der Waals surface area contributed by atoms with E-state index in [9.17, 15) is 9.18 Å². The number of carbonyl (C=O) groups is 1. The maximum absolute atomic E-state index is 13.4. The van der Waals surface area contributed by atoms with Crippen LogP contribution in [0.25, 0.3) is 6.08 Å². The smallest absolute Gasteiger partial charge is 0.363 e. The predicted molar refractivity (Wildman–Crippen MR) is 119 cm³/mol. The molecule has 0 amide bonds. The largest absolute Gasteiger partial charge is 0.489 e. The topological polar surface area (TPSA) is 47.9 Å². The minimum absolute atomic E-state index is 0.104. The normalized spacial score (nSPS) is 16.3. The Morgan fingerprint density at radius 3 is 2.59 bits per heavy atom. The van der Waals surface area contributed by atoms with Crippen LogP contribution in [0.15, 0.2) is 47.1 Å². The molecular formula is C20H16FI2NO3. The van der Waals surface area contributed by atoms with Gasteiger partial charge in [0.25, 0.3) is 0 Å². The van der Waals surface area contributed by atoms with E-state index in [2.05, 4.69) is 57.1 Å². The van der Waals surface area contributed by atoms with E-state index >= 15 is 0 Å². The van der Waals surface area contributed by atoms with Crippen molar-refractivity contribution in [1.82, 2.24) is 0 Å². The lowest BCUT2D eigenvalue weighted by atomic mass is 10.2. The minimum atomic E-state index is -0.556. The van der Waals surface area contributed by atoms with Crippen LogP contribution in [-0.4, -0.2) is 18.0 Å². The highest BCUT2D eigenvalue weighted by atomic mass is 127. The molecule has 1 heterocycles. The number of esters is 1. The van der Waals surface area contributed by atoms with Crippen molar-refractivity contribution in [3.63, 3.8) is 0 Å². The van der Waals surface area contributed by atoms with Gasteiger partial charge in [0.1, 0.15) is 11.6 Å². The molecule has 3 rings (SSSR count). The van der Waals surface area contributed by atoms with Gasteiger partial charge in [0.15, 0.2) is 5.70 Å². The molecule has 2 aromatic rings. The van der Waals surface area contributed by atoms with Gasteiger partial charge in [-0.1, -0.05) is 13.0 Å². The van der Waals surface area contributed by atoms with Crippen LogP contribution in [0, 0.1) is 13.0 Å². The molecule has 0 bridgehead atoms. The number of nitrogens with zero attached hydrogens (tertiary/aromatic N) is 1. The first-order valence-corrected chi connectivity index (χ1v) is 10.5. The Hall–Kier alpha value is -1.49. The van der Waals surface area contributed by atoms with E-state index in [0.29, 0.717) is 5.56 Å². The fourth-order valence-electron chi connectivity index (χ4n) is 2.37. The number of carbonyl (C=O) groups excluding carboxylic acids is 1. The molecule has 0 saturated carbocycles. The molecule has 0 fully saturated rings. The molecule has 0 aromatic heterocycles. The number of aliphatic imine (C=N–C) groups is 1. The van der Waals surface area contributed by atoms with Gasteiger partial charge in [-0.3, -0.25) is 0 Å². The van der Waals surface area contributed by atoms with Crippen molar-refractivity contribution in [1.29, 1.82) is 0 Å². The lowest BCUT2D eigenvalue weighted by Gasteiger charge is -2.16. The molecule has 1 unspecified atom stereocenters.